The largest absolute Gasteiger partial charge is 0.136 e. The number of thiophene rings is 1. The molecule has 0 aromatic carbocycles. The maximum atomic E-state index is 3.58. The van der Waals surface area contributed by atoms with Crippen LogP contribution in [0.2, 0.25) is 0 Å². The van der Waals surface area contributed by atoms with Crippen molar-refractivity contribution in [2.24, 2.45) is 0 Å². The fourth-order valence-corrected chi connectivity index (χ4v) is 3.47. The van der Waals surface area contributed by atoms with E-state index in [1.54, 1.807) is 0 Å². The van der Waals surface area contributed by atoms with Crippen LogP contribution in [0.15, 0.2) is 16.6 Å². The molecule has 70 valence electrons. The Kier molecular flexibility index (Phi) is 1.99. The molecule has 0 nitrogen and oxygen atoms in total. The highest BCUT2D eigenvalue weighted by molar-refractivity contribution is 9.11. The highest BCUT2D eigenvalue weighted by atomic mass is 79.9. The van der Waals surface area contributed by atoms with E-state index in [0.29, 0.717) is 0 Å². The first-order valence-electron chi connectivity index (χ1n) is 4.69. The summed E-state index contributed by atoms with van der Waals surface area (Å²) in [5.41, 5.74) is 2.93. The van der Waals surface area contributed by atoms with E-state index >= 15 is 0 Å². The molecule has 0 saturated carbocycles. The molecule has 1 aromatic rings. The lowest BCUT2D eigenvalue weighted by atomic mass is 10.0. The van der Waals surface area contributed by atoms with E-state index in [9.17, 15) is 0 Å². The molecule has 2 aliphatic carbocycles. The zero-order valence-electron chi connectivity index (χ0n) is 7.59. The number of hydrogen-bond donors (Lipinski definition) is 0. The van der Waals surface area contributed by atoms with Gasteiger partial charge in [-0.25, -0.2) is 0 Å². The third-order valence-corrected chi connectivity index (χ3v) is 4.36. The zero-order valence-corrected chi connectivity index (χ0v) is 9.99. The Morgan fingerprint density at radius 2 is 2.14 bits per heavy atom. The summed E-state index contributed by atoms with van der Waals surface area (Å²) in [6.45, 7) is 0. The maximum absolute atomic E-state index is 3.58. The lowest BCUT2D eigenvalue weighted by Gasteiger charge is -2.04. The molecule has 0 spiro atoms. The topological polar surface area (TPSA) is 0 Å². The summed E-state index contributed by atoms with van der Waals surface area (Å²) in [4.78, 5) is 0. The second-order valence-electron chi connectivity index (χ2n) is 3.52. The average Bonchev–Trinajstić information content (AvgIpc) is 2.56. The van der Waals surface area contributed by atoms with E-state index in [1.165, 1.54) is 24.7 Å². The van der Waals surface area contributed by atoms with E-state index in [-0.39, 0.29) is 0 Å². The number of rotatable bonds is 0. The monoisotopic (exact) mass is 264 g/mol. The Hall–Kier alpha value is -0.600. The van der Waals surface area contributed by atoms with Gasteiger partial charge in [-0.1, -0.05) is 34.2 Å². The van der Waals surface area contributed by atoms with E-state index in [2.05, 4.69) is 46.3 Å². The first-order valence-corrected chi connectivity index (χ1v) is 6.30. The van der Waals surface area contributed by atoms with Crippen LogP contribution < -0.4 is 9.06 Å². The van der Waals surface area contributed by atoms with Crippen LogP contribution >= 0.6 is 27.3 Å². The second kappa shape index (κ2) is 3.21. The number of fused-ring (bicyclic) bond motifs is 3. The summed E-state index contributed by atoms with van der Waals surface area (Å²) >= 11 is 5.49. The highest BCUT2D eigenvalue weighted by Gasteiger charge is 2.11. The van der Waals surface area contributed by atoms with Crippen molar-refractivity contribution in [3.05, 3.63) is 36.8 Å². The Morgan fingerprint density at radius 1 is 1.21 bits per heavy atom. The summed E-state index contributed by atoms with van der Waals surface area (Å²) in [7, 11) is 0. The average molecular weight is 265 g/mol. The number of halogens is 1. The lowest BCUT2D eigenvalue weighted by molar-refractivity contribution is 1.24. The van der Waals surface area contributed by atoms with E-state index < -0.39 is 0 Å². The molecule has 0 amide bonds. The van der Waals surface area contributed by atoms with Crippen LogP contribution in [-0.4, -0.2) is 0 Å². The molecule has 0 bridgehead atoms. The van der Waals surface area contributed by atoms with Crippen LogP contribution in [-0.2, 0) is 6.42 Å². The molecule has 1 heterocycles. The molecule has 0 radical (unpaired) electrons. The fraction of sp³-hybridized carbons (Fsp3) is 0.167. The third kappa shape index (κ3) is 1.25. The molecule has 2 aliphatic rings. The molecule has 2 heteroatoms. The van der Waals surface area contributed by atoms with Crippen LogP contribution in [0.3, 0.4) is 0 Å². The smallest absolute Gasteiger partial charge is 0.0317 e. The quantitative estimate of drug-likeness (QED) is 0.676. The second-order valence-corrected chi connectivity index (χ2v) is 5.62. The predicted molar refractivity (Wildman–Crippen MR) is 66.9 cm³/mol. The lowest BCUT2D eigenvalue weighted by Crippen LogP contribution is -2.06. The van der Waals surface area contributed by atoms with Crippen molar-refractivity contribution in [2.75, 3.05) is 0 Å². The molecule has 3 rings (SSSR count). The van der Waals surface area contributed by atoms with Crippen LogP contribution in [0.25, 0.3) is 18.2 Å². The van der Waals surface area contributed by atoms with Crippen LogP contribution in [0.5, 0.6) is 0 Å². The minimum Gasteiger partial charge on any atom is -0.136 e. The molecule has 0 saturated heterocycles. The van der Waals surface area contributed by atoms with Crippen molar-refractivity contribution in [2.45, 2.75) is 12.8 Å². The summed E-state index contributed by atoms with van der Waals surface area (Å²) in [5.74, 6) is 0. The normalized spacial score (nSPS) is 17.6. The van der Waals surface area contributed by atoms with Gasteiger partial charge < -0.3 is 0 Å². The Balaban J connectivity index is 2.37. The Morgan fingerprint density at radius 3 is 3.07 bits per heavy atom. The van der Waals surface area contributed by atoms with Gasteiger partial charge in [0.25, 0.3) is 0 Å². The minimum atomic E-state index is 1.04. The van der Waals surface area contributed by atoms with Crippen molar-refractivity contribution >= 4 is 45.5 Å². The van der Waals surface area contributed by atoms with Gasteiger partial charge in [-0.15, -0.1) is 11.3 Å². The molecule has 0 unspecified atom stereocenters. The fourth-order valence-electron chi connectivity index (χ4n) is 1.92. The van der Waals surface area contributed by atoms with Gasteiger partial charge in [-0.05, 0) is 40.6 Å². The van der Waals surface area contributed by atoms with Crippen molar-refractivity contribution in [1.29, 1.82) is 0 Å². The van der Waals surface area contributed by atoms with Crippen LogP contribution in [0, 0.1) is 0 Å². The Bertz CT molecular complexity index is 558. The summed E-state index contributed by atoms with van der Waals surface area (Å²) in [6.07, 6.45) is 13.3. The van der Waals surface area contributed by atoms with Gasteiger partial charge in [0.15, 0.2) is 0 Å². The standard InChI is InChI=1S/C12H9BrS/c13-8-5-6-12-10(7-8)9-3-1-2-4-11(9)14-12/h1-2,4,6-7H,3,5H2. The Labute approximate surface area is 95.1 Å². The molecule has 0 N–H and O–H groups in total. The van der Waals surface area contributed by atoms with E-state index in [4.69, 9.17) is 0 Å². The van der Waals surface area contributed by atoms with Gasteiger partial charge in [0.2, 0.25) is 0 Å². The van der Waals surface area contributed by atoms with Crippen molar-refractivity contribution in [1.82, 2.24) is 0 Å². The van der Waals surface area contributed by atoms with Gasteiger partial charge in [0, 0.05) is 9.06 Å². The molecular formula is C12H9BrS. The van der Waals surface area contributed by atoms with E-state index in [0.717, 1.165) is 12.8 Å². The van der Waals surface area contributed by atoms with E-state index in [1.807, 2.05) is 11.3 Å². The summed E-state index contributed by atoms with van der Waals surface area (Å²) < 4.78 is 4.17. The maximum Gasteiger partial charge on any atom is 0.0317 e. The van der Waals surface area contributed by atoms with Crippen molar-refractivity contribution in [3.63, 3.8) is 0 Å². The summed E-state index contributed by atoms with van der Waals surface area (Å²) in [6, 6.07) is 0. The molecule has 0 fully saturated rings. The van der Waals surface area contributed by atoms with Crippen molar-refractivity contribution < 1.29 is 0 Å². The van der Waals surface area contributed by atoms with Crippen molar-refractivity contribution in [3.8, 4) is 0 Å². The summed E-state index contributed by atoms with van der Waals surface area (Å²) in [5, 5.41) is 0. The zero-order chi connectivity index (χ0) is 9.54. The van der Waals surface area contributed by atoms with Gasteiger partial charge >= 0.3 is 0 Å². The molecular weight excluding hydrogens is 256 g/mol. The molecule has 0 aliphatic heterocycles. The molecule has 0 atom stereocenters. The first-order chi connectivity index (χ1) is 6.84. The minimum absolute atomic E-state index is 1.04. The van der Waals surface area contributed by atoms with Crippen LogP contribution in [0.1, 0.15) is 17.5 Å². The van der Waals surface area contributed by atoms with Gasteiger partial charge in [0.05, 0.1) is 0 Å². The number of allylic oxidation sites excluding steroid dienone is 3. The van der Waals surface area contributed by atoms with Gasteiger partial charge in [-0.2, -0.15) is 0 Å². The first kappa shape index (κ1) is 8.69. The van der Waals surface area contributed by atoms with Crippen LogP contribution in [0.4, 0.5) is 0 Å². The predicted octanol–water partition coefficient (Wildman–Crippen LogP) is 2.56. The van der Waals surface area contributed by atoms with Gasteiger partial charge in [-0.3, -0.25) is 0 Å². The number of hydrogen-bond acceptors (Lipinski definition) is 1. The third-order valence-electron chi connectivity index (χ3n) is 2.60. The molecule has 1 aromatic heterocycles. The van der Waals surface area contributed by atoms with Gasteiger partial charge in [0.1, 0.15) is 0 Å². The molecule has 14 heavy (non-hydrogen) atoms. The highest BCUT2D eigenvalue weighted by Crippen LogP contribution is 2.21. The SMILES string of the molecule is BrC1=Cc2c3c(sc2=CC1)=CC=CC3.